The highest BCUT2D eigenvalue weighted by Crippen LogP contribution is 2.53. The van der Waals surface area contributed by atoms with Gasteiger partial charge in [0.2, 0.25) is 0 Å². The summed E-state index contributed by atoms with van der Waals surface area (Å²) in [4.78, 5) is 11.7. The van der Waals surface area contributed by atoms with E-state index in [-0.39, 0.29) is 0 Å². The summed E-state index contributed by atoms with van der Waals surface area (Å²) in [5.41, 5.74) is -1.56. The van der Waals surface area contributed by atoms with Crippen LogP contribution in [0.4, 0.5) is 4.79 Å². The Hall–Kier alpha value is -0.770. The maximum atomic E-state index is 11.7. The van der Waals surface area contributed by atoms with Crippen LogP contribution in [0.5, 0.6) is 0 Å². The van der Waals surface area contributed by atoms with Crippen LogP contribution in [-0.4, -0.2) is 27.9 Å². The smallest absolute Gasteiger partial charge is 0.408 e. The van der Waals surface area contributed by atoms with E-state index in [4.69, 9.17) is 4.74 Å². The summed E-state index contributed by atoms with van der Waals surface area (Å²) in [5, 5.41) is 13.1. The topological polar surface area (TPSA) is 58.6 Å². The van der Waals surface area contributed by atoms with Gasteiger partial charge >= 0.3 is 6.09 Å². The van der Waals surface area contributed by atoms with E-state index in [1.165, 1.54) is 0 Å². The molecule has 2 N–H and O–H groups in total. The number of amides is 1. The molecule has 4 heteroatoms. The van der Waals surface area contributed by atoms with E-state index in [9.17, 15) is 9.90 Å². The summed E-state index contributed by atoms with van der Waals surface area (Å²) in [5.74, 6) is 0. The van der Waals surface area contributed by atoms with Crippen molar-refractivity contribution in [3.63, 3.8) is 0 Å². The Morgan fingerprint density at radius 2 is 1.81 bits per heavy atom. The molecule has 0 unspecified atom stereocenters. The van der Waals surface area contributed by atoms with Crippen molar-refractivity contribution >= 4 is 6.09 Å². The summed E-state index contributed by atoms with van der Waals surface area (Å²) < 4.78 is 5.23. The van der Waals surface area contributed by atoms with Crippen molar-refractivity contribution in [2.24, 2.45) is 0 Å². The predicted octanol–water partition coefficient (Wildman–Crippen LogP) is 1.96. The lowest BCUT2D eigenvalue weighted by molar-refractivity contribution is -0.0246. The molecule has 0 aliphatic heterocycles. The Morgan fingerprint density at radius 1 is 1.25 bits per heavy atom. The molecule has 0 bridgehead atoms. The fourth-order valence-corrected chi connectivity index (χ4v) is 2.33. The van der Waals surface area contributed by atoms with Crippen molar-refractivity contribution < 1.29 is 14.6 Å². The molecule has 2 aliphatic rings. The molecule has 2 fully saturated rings. The predicted molar refractivity (Wildman–Crippen MR) is 60.1 cm³/mol. The molecule has 2 saturated carbocycles. The summed E-state index contributed by atoms with van der Waals surface area (Å²) in [6, 6.07) is 0. The third-order valence-electron chi connectivity index (χ3n) is 3.56. The van der Waals surface area contributed by atoms with E-state index in [0.29, 0.717) is 0 Å². The van der Waals surface area contributed by atoms with Gasteiger partial charge < -0.3 is 15.2 Å². The largest absolute Gasteiger partial charge is 0.444 e. The van der Waals surface area contributed by atoms with Crippen LogP contribution in [0.15, 0.2) is 0 Å². The van der Waals surface area contributed by atoms with E-state index in [0.717, 1.165) is 32.1 Å². The van der Waals surface area contributed by atoms with Gasteiger partial charge in [0.05, 0.1) is 11.1 Å². The van der Waals surface area contributed by atoms with Gasteiger partial charge in [-0.15, -0.1) is 0 Å². The number of ether oxygens (including phenoxy) is 1. The molecular weight excluding hydrogens is 206 g/mol. The van der Waals surface area contributed by atoms with Crippen molar-refractivity contribution in [1.29, 1.82) is 0 Å². The van der Waals surface area contributed by atoms with Crippen LogP contribution in [0.3, 0.4) is 0 Å². The zero-order valence-electron chi connectivity index (χ0n) is 10.3. The van der Waals surface area contributed by atoms with Crippen molar-refractivity contribution in [3.8, 4) is 0 Å². The zero-order valence-corrected chi connectivity index (χ0v) is 10.3. The highest BCUT2D eigenvalue weighted by Gasteiger charge is 2.62. The summed E-state index contributed by atoms with van der Waals surface area (Å²) >= 11 is 0. The molecule has 0 aromatic rings. The monoisotopic (exact) mass is 227 g/mol. The minimum absolute atomic E-state index is 0.407. The normalized spacial score (nSPS) is 25.5. The van der Waals surface area contributed by atoms with Crippen molar-refractivity contribution in [2.75, 3.05) is 0 Å². The van der Waals surface area contributed by atoms with Gasteiger partial charge in [-0.05, 0) is 52.9 Å². The van der Waals surface area contributed by atoms with Crippen LogP contribution in [0.1, 0.15) is 52.9 Å². The second kappa shape index (κ2) is 3.36. The first-order valence-corrected chi connectivity index (χ1v) is 6.00. The maximum Gasteiger partial charge on any atom is 0.408 e. The van der Waals surface area contributed by atoms with Gasteiger partial charge in [-0.3, -0.25) is 0 Å². The lowest BCUT2D eigenvalue weighted by Gasteiger charge is -2.46. The number of carbonyl (C=O) groups is 1. The molecule has 0 aromatic carbocycles. The van der Waals surface area contributed by atoms with Crippen LogP contribution >= 0.6 is 0 Å². The van der Waals surface area contributed by atoms with Gasteiger partial charge in [0, 0.05) is 0 Å². The van der Waals surface area contributed by atoms with Gasteiger partial charge in [0.25, 0.3) is 0 Å². The quantitative estimate of drug-likeness (QED) is 0.758. The molecular formula is C12H21NO3. The average Bonchev–Trinajstić information content (AvgIpc) is 2.74. The number of carbonyl (C=O) groups excluding carboxylic acids is 1. The van der Waals surface area contributed by atoms with E-state index in [1.54, 1.807) is 0 Å². The van der Waals surface area contributed by atoms with Crippen LogP contribution in [0, 0.1) is 0 Å². The fourth-order valence-electron chi connectivity index (χ4n) is 2.33. The van der Waals surface area contributed by atoms with Crippen LogP contribution in [-0.2, 0) is 4.74 Å². The first kappa shape index (κ1) is 11.7. The van der Waals surface area contributed by atoms with E-state index in [2.05, 4.69) is 5.32 Å². The molecule has 2 rings (SSSR count). The third kappa shape index (κ3) is 2.03. The second-order valence-electron chi connectivity index (χ2n) is 6.09. The Kier molecular flexibility index (Phi) is 2.46. The third-order valence-corrected chi connectivity index (χ3v) is 3.56. The van der Waals surface area contributed by atoms with Crippen molar-refractivity contribution in [1.82, 2.24) is 5.32 Å². The molecule has 92 valence electrons. The molecule has 0 aromatic heterocycles. The Morgan fingerprint density at radius 3 is 2.12 bits per heavy atom. The van der Waals surface area contributed by atoms with Crippen LogP contribution in [0.25, 0.3) is 0 Å². The first-order valence-electron chi connectivity index (χ1n) is 6.00. The van der Waals surface area contributed by atoms with Gasteiger partial charge in [0.15, 0.2) is 0 Å². The number of hydrogen-bond acceptors (Lipinski definition) is 3. The second-order valence-corrected chi connectivity index (χ2v) is 6.09. The zero-order chi connectivity index (χ0) is 12.0. The maximum absolute atomic E-state index is 11.7. The highest BCUT2D eigenvalue weighted by molar-refractivity contribution is 5.69. The SMILES string of the molecule is CC(C)(C)OC(=O)NC1(C2(O)CC2)CCC1. The minimum atomic E-state index is -0.665. The Bertz CT molecular complexity index is 298. The number of aliphatic hydroxyl groups is 1. The number of nitrogens with one attached hydrogen (secondary N) is 1. The lowest BCUT2D eigenvalue weighted by atomic mass is 9.71. The van der Waals surface area contributed by atoms with Crippen LogP contribution in [0.2, 0.25) is 0 Å². The van der Waals surface area contributed by atoms with E-state index >= 15 is 0 Å². The van der Waals surface area contributed by atoms with Gasteiger partial charge in [-0.2, -0.15) is 0 Å². The average molecular weight is 227 g/mol. The minimum Gasteiger partial charge on any atom is -0.444 e. The first-order chi connectivity index (χ1) is 7.27. The molecule has 2 aliphatic carbocycles. The Labute approximate surface area is 96.4 Å². The molecule has 0 saturated heterocycles. The highest BCUT2D eigenvalue weighted by atomic mass is 16.6. The van der Waals surface area contributed by atoms with E-state index in [1.807, 2.05) is 20.8 Å². The van der Waals surface area contributed by atoms with Gasteiger partial charge in [-0.25, -0.2) is 4.79 Å². The molecule has 0 spiro atoms. The standard InChI is InChI=1S/C12H21NO3/c1-10(2,3)16-9(14)13-11(5-4-6-11)12(15)7-8-12/h15H,4-8H2,1-3H3,(H,13,14). The Balaban J connectivity index is 1.95. The number of rotatable bonds is 2. The van der Waals surface area contributed by atoms with Crippen molar-refractivity contribution in [3.05, 3.63) is 0 Å². The van der Waals surface area contributed by atoms with Crippen molar-refractivity contribution in [2.45, 2.75) is 69.6 Å². The summed E-state index contributed by atoms with van der Waals surface area (Å²) in [7, 11) is 0. The summed E-state index contributed by atoms with van der Waals surface area (Å²) in [6.45, 7) is 5.52. The molecule has 0 radical (unpaired) electrons. The van der Waals surface area contributed by atoms with Crippen LogP contribution < -0.4 is 5.32 Å². The van der Waals surface area contributed by atoms with E-state index < -0.39 is 22.8 Å². The number of hydrogen-bond donors (Lipinski definition) is 2. The molecule has 16 heavy (non-hydrogen) atoms. The molecule has 4 nitrogen and oxygen atoms in total. The molecule has 1 amide bonds. The van der Waals surface area contributed by atoms with Gasteiger partial charge in [-0.1, -0.05) is 0 Å². The molecule has 0 atom stereocenters. The summed E-state index contributed by atoms with van der Waals surface area (Å²) in [6.07, 6.45) is 3.97. The lowest BCUT2D eigenvalue weighted by Crippen LogP contribution is -2.63. The number of alkyl carbamates (subject to hydrolysis) is 1. The molecule has 0 heterocycles. The van der Waals surface area contributed by atoms with Gasteiger partial charge in [0.1, 0.15) is 5.60 Å². The fraction of sp³-hybridized carbons (Fsp3) is 0.917.